The molecule has 0 aliphatic carbocycles. The smallest absolute Gasteiger partial charge is 0.332 e. The van der Waals surface area contributed by atoms with Crippen molar-refractivity contribution in [3.05, 3.63) is 74.4 Å². The van der Waals surface area contributed by atoms with Gasteiger partial charge in [-0.25, -0.2) is 4.79 Å². The number of benzene rings is 2. The van der Waals surface area contributed by atoms with Crippen molar-refractivity contribution < 1.29 is 14.3 Å². The number of rotatable bonds is 8. The van der Waals surface area contributed by atoms with Gasteiger partial charge >= 0.3 is 5.69 Å². The minimum atomic E-state index is -0.419. The highest BCUT2D eigenvalue weighted by Crippen LogP contribution is 2.29. The number of amides is 1. The van der Waals surface area contributed by atoms with Crippen molar-refractivity contribution in [1.29, 1.82) is 0 Å². The van der Waals surface area contributed by atoms with E-state index in [1.165, 1.54) is 11.6 Å². The predicted molar refractivity (Wildman–Crippen MR) is 157 cm³/mol. The molecule has 3 heterocycles. The van der Waals surface area contributed by atoms with Crippen LogP contribution in [0.25, 0.3) is 11.2 Å². The third kappa shape index (κ3) is 5.55. The van der Waals surface area contributed by atoms with Gasteiger partial charge in [-0.15, -0.1) is 0 Å². The van der Waals surface area contributed by atoms with Crippen molar-refractivity contribution in [3.8, 4) is 11.5 Å². The van der Waals surface area contributed by atoms with Crippen molar-refractivity contribution in [3.63, 3.8) is 0 Å². The summed E-state index contributed by atoms with van der Waals surface area (Å²) in [6, 6.07) is 13.4. The molecular formula is C29H35N7O5. The summed E-state index contributed by atoms with van der Waals surface area (Å²) in [4.78, 5) is 47.8. The molecule has 41 heavy (non-hydrogen) atoms. The number of imidazole rings is 1. The summed E-state index contributed by atoms with van der Waals surface area (Å²) in [5, 5.41) is 2.92. The van der Waals surface area contributed by atoms with Gasteiger partial charge < -0.3 is 19.7 Å². The Morgan fingerprint density at radius 3 is 2.32 bits per heavy atom. The molecule has 2 aromatic heterocycles. The standard InChI is InChI=1S/C29H35N7O5/c1-19-6-8-20(9-7-19)17-36-25-26(32(2)29(39)33(3)27(25)38)31-28(36)35-14-12-34(13-15-35)18-24(37)30-22-16-21(40-4)10-11-23(22)41-5/h6-11,16H,12-15,17-18H2,1-5H3,(H,30,37). The van der Waals surface area contributed by atoms with Crippen molar-refractivity contribution >= 4 is 28.7 Å². The number of hydrogen-bond acceptors (Lipinski definition) is 8. The Labute approximate surface area is 237 Å². The number of ether oxygens (including phenoxy) is 2. The number of carbonyl (C=O) groups excluding carboxylic acids is 1. The molecule has 0 bridgehead atoms. The number of nitrogens with zero attached hydrogens (tertiary/aromatic N) is 6. The van der Waals surface area contributed by atoms with Crippen LogP contribution in [0.4, 0.5) is 11.6 Å². The maximum atomic E-state index is 13.3. The topological polar surface area (TPSA) is 116 Å². The van der Waals surface area contributed by atoms with Gasteiger partial charge in [0.25, 0.3) is 5.56 Å². The average molecular weight is 562 g/mol. The van der Waals surface area contributed by atoms with Gasteiger partial charge in [0.15, 0.2) is 11.2 Å². The van der Waals surface area contributed by atoms with E-state index < -0.39 is 5.69 Å². The molecule has 0 spiro atoms. The van der Waals surface area contributed by atoms with Crippen LogP contribution in [-0.4, -0.2) is 76.4 Å². The molecule has 2 aromatic carbocycles. The van der Waals surface area contributed by atoms with E-state index in [1.54, 1.807) is 39.5 Å². The summed E-state index contributed by atoms with van der Waals surface area (Å²) in [6.45, 7) is 5.11. The van der Waals surface area contributed by atoms with Crippen molar-refractivity contribution in [2.75, 3.05) is 57.2 Å². The lowest BCUT2D eigenvalue weighted by Gasteiger charge is -2.35. The Morgan fingerprint density at radius 1 is 0.951 bits per heavy atom. The number of piperazine rings is 1. The van der Waals surface area contributed by atoms with Crippen LogP contribution in [0.2, 0.25) is 0 Å². The molecule has 1 amide bonds. The Morgan fingerprint density at radius 2 is 1.66 bits per heavy atom. The monoisotopic (exact) mass is 561 g/mol. The first-order chi connectivity index (χ1) is 19.7. The lowest BCUT2D eigenvalue weighted by Crippen LogP contribution is -2.49. The largest absolute Gasteiger partial charge is 0.497 e. The maximum absolute atomic E-state index is 13.3. The molecule has 0 saturated carbocycles. The SMILES string of the molecule is COc1ccc(OC)c(NC(=O)CN2CCN(c3nc4c(c(=O)n(C)c(=O)n4C)n3Cc3ccc(C)cc3)CC2)c1. The zero-order valence-corrected chi connectivity index (χ0v) is 24.0. The Balaban J connectivity index is 1.36. The van der Waals surface area contributed by atoms with E-state index in [2.05, 4.69) is 15.1 Å². The van der Waals surface area contributed by atoms with Crippen molar-refractivity contribution in [1.82, 2.24) is 23.6 Å². The summed E-state index contributed by atoms with van der Waals surface area (Å²) in [5.74, 6) is 1.65. The van der Waals surface area contributed by atoms with Gasteiger partial charge in [0.05, 0.1) is 33.0 Å². The van der Waals surface area contributed by atoms with Gasteiger partial charge in [0.1, 0.15) is 11.5 Å². The van der Waals surface area contributed by atoms with Crippen LogP contribution < -0.4 is 30.9 Å². The van der Waals surface area contributed by atoms with Gasteiger partial charge in [-0.3, -0.25) is 28.2 Å². The first-order valence-corrected chi connectivity index (χ1v) is 13.4. The summed E-state index contributed by atoms with van der Waals surface area (Å²) >= 11 is 0. The normalized spacial score (nSPS) is 13.9. The van der Waals surface area contributed by atoms with Crippen LogP contribution in [0.15, 0.2) is 52.1 Å². The zero-order valence-electron chi connectivity index (χ0n) is 24.0. The molecule has 0 radical (unpaired) electrons. The van der Waals surface area contributed by atoms with E-state index in [-0.39, 0.29) is 18.0 Å². The molecule has 1 N–H and O–H groups in total. The number of carbonyl (C=O) groups is 1. The summed E-state index contributed by atoms with van der Waals surface area (Å²) in [7, 11) is 6.23. The number of methoxy groups -OCH3 is 2. The van der Waals surface area contributed by atoms with Gasteiger partial charge in [0, 0.05) is 46.3 Å². The molecule has 4 aromatic rings. The van der Waals surface area contributed by atoms with Gasteiger partial charge in [0.2, 0.25) is 11.9 Å². The van der Waals surface area contributed by atoms with Crippen LogP contribution in [0.1, 0.15) is 11.1 Å². The number of aryl methyl sites for hydroxylation is 2. The van der Waals surface area contributed by atoms with Crippen LogP contribution in [0, 0.1) is 6.92 Å². The number of anilines is 2. The van der Waals surface area contributed by atoms with E-state index in [1.807, 2.05) is 35.8 Å². The van der Waals surface area contributed by atoms with E-state index >= 15 is 0 Å². The quantitative estimate of drug-likeness (QED) is 0.345. The minimum absolute atomic E-state index is 0.157. The lowest BCUT2D eigenvalue weighted by molar-refractivity contribution is -0.117. The number of nitrogens with one attached hydrogen (secondary N) is 1. The fourth-order valence-electron chi connectivity index (χ4n) is 5.11. The van der Waals surface area contributed by atoms with Gasteiger partial charge in [-0.1, -0.05) is 29.8 Å². The molecule has 5 rings (SSSR count). The highest BCUT2D eigenvalue weighted by Gasteiger charge is 2.26. The molecule has 1 fully saturated rings. The molecule has 1 aliphatic rings. The molecule has 0 atom stereocenters. The second-order valence-corrected chi connectivity index (χ2v) is 10.2. The van der Waals surface area contributed by atoms with E-state index in [4.69, 9.17) is 14.5 Å². The highest BCUT2D eigenvalue weighted by atomic mass is 16.5. The molecule has 0 unspecified atom stereocenters. The van der Waals surface area contributed by atoms with Crippen LogP contribution in [-0.2, 0) is 25.4 Å². The Kier molecular flexibility index (Phi) is 7.84. The molecular weight excluding hydrogens is 526 g/mol. The number of hydrogen-bond donors (Lipinski definition) is 1. The first kappa shape index (κ1) is 28.0. The fourth-order valence-corrected chi connectivity index (χ4v) is 5.11. The number of aromatic nitrogens is 4. The Bertz CT molecular complexity index is 1700. The minimum Gasteiger partial charge on any atom is -0.497 e. The van der Waals surface area contributed by atoms with E-state index in [9.17, 15) is 14.4 Å². The molecule has 12 nitrogen and oxygen atoms in total. The maximum Gasteiger partial charge on any atom is 0.332 e. The van der Waals surface area contributed by atoms with Gasteiger partial charge in [-0.2, -0.15) is 4.98 Å². The second kappa shape index (κ2) is 11.5. The molecule has 1 aliphatic heterocycles. The Hall–Kier alpha value is -4.58. The fraction of sp³-hybridized carbons (Fsp3) is 0.379. The van der Waals surface area contributed by atoms with Gasteiger partial charge in [-0.05, 0) is 24.6 Å². The van der Waals surface area contributed by atoms with Crippen molar-refractivity contribution in [2.45, 2.75) is 13.5 Å². The highest BCUT2D eigenvalue weighted by molar-refractivity contribution is 5.94. The zero-order chi connectivity index (χ0) is 29.3. The molecule has 216 valence electrons. The molecule has 1 saturated heterocycles. The first-order valence-electron chi connectivity index (χ1n) is 13.4. The van der Waals surface area contributed by atoms with Crippen LogP contribution >= 0.6 is 0 Å². The average Bonchev–Trinajstić information content (AvgIpc) is 3.35. The molecule has 12 heteroatoms. The number of fused-ring (bicyclic) bond motifs is 1. The summed E-state index contributed by atoms with van der Waals surface area (Å²) < 4.78 is 15.1. The van der Waals surface area contributed by atoms with Crippen LogP contribution in [0.5, 0.6) is 11.5 Å². The summed E-state index contributed by atoms with van der Waals surface area (Å²) in [6.07, 6.45) is 0. The van der Waals surface area contributed by atoms with E-state index in [0.29, 0.717) is 67.0 Å². The predicted octanol–water partition coefficient (Wildman–Crippen LogP) is 1.57. The third-order valence-corrected chi connectivity index (χ3v) is 7.49. The second-order valence-electron chi connectivity index (χ2n) is 10.2. The van der Waals surface area contributed by atoms with Crippen molar-refractivity contribution in [2.24, 2.45) is 14.1 Å². The lowest BCUT2D eigenvalue weighted by atomic mass is 10.1. The van der Waals surface area contributed by atoms with Crippen LogP contribution in [0.3, 0.4) is 0 Å². The van der Waals surface area contributed by atoms with E-state index in [0.717, 1.165) is 15.7 Å². The summed E-state index contributed by atoms with van der Waals surface area (Å²) in [5.41, 5.74) is 2.67. The third-order valence-electron chi connectivity index (χ3n) is 7.49.